The van der Waals surface area contributed by atoms with Gasteiger partial charge in [0, 0.05) is 0 Å². The van der Waals surface area contributed by atoms with Gasteiger partial charge in [0.2, 0.25) is 0 Å². The van der Waals surface area contributed by atoms with Crippen LogP contribution in [0.1, 0.15) is 78.1 Å². The Morgan fingerprint density at radius 3 is 2.41 bits per heavy atom. The first-order valence-corrected chi connectivity index (χ1v) is 9.69. The van der Waals surface area contributed by atoms with Crippen molar-refractivity contribution in [3.8, 4) is 0 Å². The highest BCUT2D eigenvalue weighted by atomic mass is 16.4. The number of hydrogen-bond acceptors (Lipinski definition) is 1. The number of rotatable bonds is 1. The highest BCUT2D eigenvalue weighted by Gasteiger charge is 2.60. The molecule has 4 aliphatic carbocycles. The van der Waals surface area contributed by atoms with E-state index in [0.717, 1.165) is 30.6 Å². The summed E-state index contributed by atoms with van der Waals surface area (Å²) in [5.74, 6) is 2.76. The molecule has 7 unspecified atom stereocenters. The zero-order valence-corrected chi connectivity index (χ0v) is 14.3. The molecule has 0 aromatic rings. The normalized spacial score (nSPS) is 54.2. The number of fused-ring (bicyclic) bond motifs is 5. The molecule has 0 spiro atoms. The standard InChI is InChI=1S/C20H32O2/c1-19-11-4-3-5-13(19)6-7-14-15-8-9-17(18(21)22)20(15,2)12-10-16(14)19/h13-17H,3-12H2,1-2H3,(H,21,22). The van der Waals surface area contributed by atoms with Crippen molar-refractivity contribution in [1.29, 1.82) is 0 Å². The van der Waals surface area contributed by atoms with Crippen molar-refractivity contribution in [2.75, 3.05) is 0 Å². The lowest BCUT2D eigenvalue weighted by atomic mass is 9.45. The molecule has 4 aliphatic rings. The largest absolute Gasteiger partial charge is 0.481 e. The molecule has 0 heterocycles. The van der Waals surface area contributed by atoms with Crippen LogP contribution in [0.25, 0.3) is 0 Å². The SMILES string of the molecule is CC12CCCCC1CCC1C2CCC2(C)C(C(=O)O)CCC12. The molecule has 1 N–H and O–H groups in total. The average Bonchev–Trinajstić information content (AvgIpc) is 2.84. The highest BCUT2D eigenvalue weighted by molar-refractivity contribution is 5.71. The molecule has 0 aromatic heterocycles. The molecule has 4 rings (SSSR count). The fraction of sp³-hybridized carbons (Fsp3) is 0.950. The lowest BCUT2D eigenvalue weighted by Gasteiger charge is -2.60. The second-order valence-electron chi connectivity index (χ2n) is 9.42. The lowest BCUT2D eigenvalue weighted by Crippen LogP contribution is -2.53. The maximum atomic E-state index is 11.7. The van der Waals surface area contributed by atoms with E-state index in [0.29, 0.717) is 11.3 Å². The van der Waals surface area contributed by atoms with E-state index >= 15 is 0 Å². The van der Waals surface area contributed by atoms with E-state index < -0.39 is 5.97 Å². The van der Waals surface area contributed by atoms with Crippen molar-refractivity contribution >= 4 is 5.97 Å². The van der Waals surface area contributed by atoms with Gasteiger partial charge in [0.25, 0.3) is 0 Å². The van der Waals surface area contributed by atoms with Crippen molar-refractivity contribution in [3.63, 3.8) is 0 Å². The molecule has 0 aliphatic heterocycles. The minimum Gasteiger partial charge on any atom is -0.481 e. The van der Waals surface area contributed by atoms with Crippen molar-refractivity contribution in [2.45, 2.75) is 78.1 Å². The zero-order chi connectivity index (χ0) is 15.5. The lowest BCUT2D eigenvalue weighted by molar-refractivity contribution is -0.152. The van der Waals surface area contributed by atoms with Gasteiger partial charge in [0.1, 0.15) is 0 Å². The van der Waals surface area contributed by atoms with Crippen LogP contribution >= 0.6 is 0 Å². The zero-order valence-electron chi connectivity index (χ0n) is 14.3. The molecule has 124 valence electrons. The first kappa shape index (κ1) is 15.0. The third kappa shape index (κ3) is 1.88. The molecular formula is C20H32O2. The molecule has 0 radical (unpaired) electrons. The second kappa shape index (κ2) is 4.98. The number of aliphatic carboxylic acids is 1. The third-order valence-electron chi connectivity index (χ3n) is 8.88. The summed E-state index contributed by atoms with van der Waals surface area (Å²) in [5, 5.41) is 9.65. The summed E-state index contributed by atoms with van der Waals surface area (Å²) < 4.78 is 0. The summed E-state index contributed by atoms with van der Waals surface area (Å²) in [6, 6.07) is 0. The van der Waals surface area contributed by atoms with Gasteiger partial charge in [0.05, 0.1) is 5.92 Å². The first-order chi connectivity index (χ1) is 10.5. The summed E-state index contributed by atoms with van der Waals surface area (Å²) >= 11 is 0. The van der Waals surface area contributed by atoms with E-state index in [9.17, 15) is 9.90 Å². The Morgan fingerprint density at radius 1 is 0.864 bits per heavy atom. The van der Waals surface area contributed by atoms with Gasteiger partial charge in [-0.15, -0.1) is 0 Å². The van der Waals surface area contributed by atoms with Gasteiger partial charge in [0.15, 0.2) is 0 Å². The van der Waals surface area contributed by atoms with Crippen LogP contribution in [0.4, 0.5) is 0 Å². The molecule has 22 heavy (non-hydrogen) atoms. The minimum atomic E-state index is -0.527. The Morgan fingerprint density at radius 2 is 1.64 bits per heavy atom. The molecule has 7 atom stereocenters. The predicted molar refractivity (Wildman–Crippen MR) is 87.5 cm³/mol. The van der Waals surface area contributed by atoms with Crippen molar-refractivity contribution < 1.29 is 9.90 Å². The van der Waals surface area contributed by atoms with E-state index in [4.69, 9.17) is 0 Å². The van der Waals surface area contributed by atoms with Crippen LogP contribution in [-0.2, 0) is 4.79 Å². The Kier molecular flexibility index (Phi) is 3.40. The highest BCUT2D eigenvalue weighted by Crippen LogP contribution is 2.67. The average molecular weight is 304 g/mol. The van der Waals surface area contributed by atoms with Crippen molar-refractivity contribution in [1.82, 2.24) is 0 Å². The summed E-state index contributed by atoms with van der Waals surface area (Å²) in [5.41, 5.74) is 0.661. The summed E-state index contributed by atoms with van der Waals surface area (Å²) in [4.78, 5) is 11.7. The van der Waals surface area contributed by atoms with Gasteiger partial charge in [-0.05, 0) is 85.9 Å². The van der Waals surface area contributed by atoms with Crippen LogP contribution in [0.2, 0.25) is 0 Å². The van der Waals surface area contributed by atoms with E-state index in [1.165, 1.54) is 51.4 Å². The molecule has 2 heteroatoms. The summed E-state index contributed by atoms with van der Waals surface area (Å²) in [7, 11) is 0. The minimum absolute atomic E-state index is 0.0738. The monoisotopic (exact) mass is 304 g/mol. The molecule has 0 saturated heterocycles. The van der Waals surface area contributed by atoms with Crippen LogP contribution in [-0.4, -0.2) is 11.1 Å². The first-order valence-electron chi connectivity index (χ1n) is 9.69. The third-order valence-corrected chi connectivity index (χ3v) is 8.88. The van der Waals surface area contributed by atoms with Crippen molar-refractivity contribution in [3.05, 3.63) is 0 Å². The number of carbonyl (C=O) groups is 1. The van der Waals surface area contributed by atoms with E-state index in [-0.39, 0.29) is 11.3 Å². The van der Waals surface area contributed by atoms with Crippen LogP contribution in [0.15, 0.2) is 0 Å². The number of carboxylic acid groups (broad SMARTS) is 1. The Balaban J connectivity index is 1.63. The van der Waals surface area contributed by atoms with Crippen LogP contribution in [0.5, 0.6) is 0 Å². The van der Waals surface area contributed by atoms with Gasteiger partial charge in [-0.25, -0.2) is 0 Å². The maximum absolute atomic E-state index is 11.7. The van der Waals surface area contributed by atoms with Gasteiger partial charge >= 0.3 is 5.97 Å². The topological polar surface area (TPSA) is 37.3 Å². The molecule has 0 amide bonds. The predicted octanol–water partition coefficient (Wildman–Crippen LogP) is 5.12. The van der Waals surface area contributed by atoms with Crippen LogP contribution in [0, 0.1) is 40.4 Å². The van der Waals surface area contributed by atoms with Crippen LogP contribution < -0.4 is 0 Å². The Bertz CT molecular complexity index is 472. The van der Waals surface area contributed by atoms with E-state index in [2.05, 4.69) is 13.8 Å². The number of hydrogen-bond donors (Lipinski definition) is 1. The molecule has 2 nitrogen and oxygen atoms in total. The summed E-state index contributed by atoms with van der Waals surface area (Å²) in [6.45, 7) is 4.91. The fourth-order valence-electron chi connectivity index (χ4n) is 7.70. The smallest absolute Gasteiger partial charge is 0.307 e. The molecule has 0 aromatic carbocycles. The Labute approximate surface area is 135 Å². The molecular weight excluding hydrogens is 272 g/mol. The summed E-state index contributed by atoms with van der Waals surface area (Å²) in [6.07, 6.45) is 13.1. The fourth-order valence-corrected chi connectivity index (χ4v) is 7.70. The molecule has 4 saturated carbocycles. The van der Waals surface area contributed by atoms with E-state index in [1.807, 2.05) is 0 Å². The van der Waals surface area contributed by atoms with Crippen LogP contribution in [0.3, 0.4) is 0 Å². The molecule has 4 fully saturated rings. The van der Waals surface area contributed by atoms with Gasteiger partial charge in [-0.2, -0.15) is 0 Å². The van der Waals surface area contributed by atoms with Gasteiger partial charge < -0.3 is 5.11 Å². The molecule has 0 bridgehead atoms. The van der Waals surface area contributed by atoms with E-state index in [1.54, 1.807) is 0 Å². The number of carboxylic acids is 1. The quantitative estimate of drug-likeness (QED) is 0.730. The maximum Gasteiger partial charge on any atom is 0.307 e. The van der Waals surface area contributed by atoms with Gasteiger partial charge in [-0.1, -0.05) is 26.7 Å². The second-order valence-corrected chi connectivity index (χ2v) is 9.42. The van der Waals surface area contributed by atoms with Gasteiger partial charge in [-0.3, -0.25) is 4.79 Å². The van der Waals surface area contributed by atoms with Crippen molar-refractivity contribution in [2.24, 2.45) is 40.4 Å². The Hall–Kier alpha value is -0.530.